The van der Waals surface area contributed by atoms with Gasteiger partial charge in [0.25, 0.3) is 0 Å². The second kappa shape index (κ2) is 8.55. The van der Waals surface area contributed by atoms with E-state index >= 15 is 0 Å². The van der Waals surface area contributed by atoms with Gasteiger partial charge in [-0.05, 0) is 26.7 Å². The third-order valence-corrected chi connectivity index (χ3v) is 3.24. The van der Waals surface area contributed by atoms with Crippen LogP contribution in [0.15, 0.2) is 0 Å². The van der Waals surface area contributed by atoms with Crippen LogP contribution >= 0.6 is 0 Å². The average Bonchev–Trinajstić information content (AvgIpc) is 2.45. The Kier molecular flexibility index (Phi) is 7.04. The van der Waals surface area contributed by atoms with Crippen molar-refractivity contribution in [2.45, 2.75) is 39.5 Å². The van der Waals surface area contributed by atoms with E-state index in [0.29, 0.717) is 26.3 Å². The third kappa shape index (κ3) is 5.19. The van der Waals surface area contributed by atoms with Gasteiger partial charge >= 0.3 is 11.9 Å². The molecule has 1 atom stereocenters. The molecular weight excluding hydrogens is 262 g/mol. The van der Waals surface area contributed by atoms with Crippen LogP contribution in [0.1, 0.15) is 39.5 Å². The first-order valence-corrected chi connectivity index (χ1v) is 7.18. The van der Waals surface area contributed by atoms with Crippen molar-refractivity contribution < 1.29 is 23.9 Å². The van der Waals surface area contributed by atoms with E-state index in [1.807, 2.05) is 0 Å². The molecule has 1 fully saturated rings. The highest BCUT2D eigenvalue weighted by molar-refractivity contribution is 5.82. The molecule has 1 amide bonds. The van der Waals surface area contributed by atoms with Gasteiger partial charge in [0.15, 0.2) is 0 Å². The van der Waals surface area contributed by atoms with Gasteiger partial charge in [-0.25, -0.2) is 0 Å². The maximum Gasteiger partial charge on any atom is 0.310 e. The van der Waals surface area contributed by atoms with Crippen LogP contribution in [0.25, 0.3) is 0 Å². The molecule has 6 nitrogen and oxygen atoms in total. The first-order valence-electron chi connectivity index (χ1n) is 7.18. The highest BCUT2D eigenvalue weighted by Crippen LogP contribution is 2.19. The van der Waals surface area contributed by atoms with Crippen molar-refractivity contribution in [1.82, 2.24) is 4.90 Å². The van der Waals surface area contributed by atoms with Crippen molar-refractivity contribution in [1.29, 1.82) is 0 Å². The maximum absolute atomic E-state index is 12.0. The van der Waals surface area contributed by atoms with Crippen molar-refractivity contribution in [2.75, 3.05) is 26.3 Å². The number of ether oxygens (including phenoxy) is 2. The lowest BCUT2D eigenvalue weighted by atomic mass is 9.98. The number of esters is 2. The van der Waals surface area contributed by atoms with Crippen LogP contribution in [-0.4, -0.2) is 49.0 Å². The zero-order valence-electron chi connectivity index (χ0n) is 12.2. The number of rotatable bonds is 6. The number of carbonyl (C=O) groups is 3. The largest absolute Gasteiger partial charge is 0.466 e. The molecule has 0 spiro atoms. The van der Waals surface area contributed by atoms with E-state index < -0.39 is 0 Å². The molecule has 1 aliphatic rings. The minimum Gasteiger partial charge on any atom is -0.466 e. The SMILES string of the molecule is CCOC(=O)CCC(=O)N1CCC[C@@H](C(=O)OCC)C1. The molecule has 114 valence electrons. The topological polar surface area (TPSA) is 72.9 Å². The summed E-state index contributed by atoms with van der Waals surface area (Å²) in [6.07, 6.45) is 1.76. The number of likely N-dealkylation sites (tertiary alicyclic amines) is 1. The Morgan fingerprint density at radius 3 is 2.45 bits per heavy atom. The van der Waals surface area contributed by atoms with Gasteiger partial charge in [-0.2, -0.15) is 0 Å². The summed E-state index contributed by atoms with van der Waals surface area (Å²) in [4.78, 5) is 36.5. The lowest BCUT2D eigenvalue weighted by molar-refractivity contribution is -0.152. The van der Waals surface area contributed by atoms with E-state index in [1.54, 1.807) is 18.7 Å². The molecule has 0 aliphatic carbocycles. The zero-order chi connectivity index (χ0) is 15.0. The monoisotopic (exact) mass is 285 g/mol. The summed E-state index contributed by atoms with van der Waals surface area (Å²) in [5, 5.41) is 0. The van der Waals surface area contributed by atoms with E-state index in [2.05, 4.69) is 0 Å². The van der Waals surface area contributed by atoms with Crippen LogP contribution in [0.2, 0.25) is 0 Å². The highest BCUT2D eigenvalue weighted by Gasteiger charge is 2.29. The van der Waals surface area contributed by atoms with Crippen LogP contribution < -0.4 is 0 Å². The van der Waals surface area contributed by atoms with Crippen LogP contribution in [0.4, 0.5) is 0 Å². The molecule has 1 heterocycles. The summed E-state index contributed by atoms with van der Waals surface area (Å²) < 4.78 is 9.78. The highest BCUT2D eigenvalue weighted by atomic mass is 16.5. The molecule has 1 aliphatic heterocycles. The van der Waals surface area contributed by atoms with Gasteiger partial charge in [-0.1, -0.05) is 0 Å². The van der Waals surface area contributed by atoms with Gasteiger partial charge < -0.3 is 14.4 Å². The number of nitrogens with zero attached hydrogens (tertiary/aromatic N) is 1. The average molecular weight is 285 g/mol. The van der Waals surface area contributed by atoms with E-state index in [4.69, 9.17) is 9.47 Å². The van der Waals surface area contributed by atoms with Crippen LogP contribution in [0.5, 0.6) is 0 Å². The smallest absolute Gasteiger partial charge is 0.310 e. The lowest BCUT2D eigenvalue weighted by Gasteiger charge is -2.31. The molecule has 0 unspecified atom stereocenters. The van der Waals surface area contributed by atoms with E-state index in [0.717, 1.165) is 12.8 Å². The standard InChI is InChI=1S/C14H23NO5/c1-3-19-13(17)8-7-12(16)15-9-5-6-11(10-15)14(18)20-4-2/h11H,3-10H2,1-2H3/t11-/m1/s1. The molecule has 1 saturated heterocycles. The molecule has 20 heavy (non-hydrogen) atoms. The molecule has 0 aromatic heterocycles. The Labute approximate surface area is 119 Å². The molecule has 1 rings (SSSR count). The molecule has 6 heteroatoms. The molecule has 0 N–H and O–H groups in total. The van der Waals surface area contributed by atoms with Gasteiger partial charge in [-0.15, -0.1) is 0 Å². The zero-order valence-corrected chi connectivity index (χ0v) is 12.2. The normalized spacial score (nSPS) is 18.5. The fourth-order valence-electron chi connectivity index (χ4n) is 2.26. The third-order valence-electron chi connectivity index (χ3n) is 3.24. The number of amides is 1. The Bertz CT molecular complexity index is 355. The predicted molar refractivity (Wildman–Crippen MR) is 71.8 cm³/mol. The number of carbonyl (C=O) groups excluding carboxylic acids is 3. The fraction of sp³-hybridized carbons (Fsp3) is 0.786. The van der Waals surface area contributed by atoms with Gasteiger partial charge in [0, 0.05) is 19.5 Å². The molecule has 0 radical (unpaired) electrons. The second-order valence-corrected chi connectivity index (χ2v) is 4.74. The summed E-state index contributed by atoms with van der Waals surface area (Å²) in [5.74, 6) is -0.947. The van der Waals surface area contributed by atoms with Crippen molar-refractivity contribution in [2.24, 2.45) is 5.92 Å². The Balaban J connectivity index is 2.40. The van der Waals surface area contributed by atoms with Gasteiger partial charge in [0.2, 0.25) is 5.91 Å². The quantitative estimate of drug-likeness (QED) is 0.684. The summed E-state index contributed by atoms with van der Waals surface area (Å²) in [6, 6.07) is 0. The van der Waals surface area contributed by atoms with Gasteiger partial charge in [0.1, 0.15) is 0 Å². The van der Waals surface area contributed by atoms with E-state index in [1.165, 1.54) is 0 Å². The molecule has 0 aromatic rings. The summed E-state index contributed by atoms with van der Waals surface area (Å²) in [6.45, 7) is 5.20. The first kappa shape index (κ1) is 16.5. The molecule has 0 bridgehead atoms. The summed E-state index contributed by atoms with van der Waals surface area (Å²) in [5.41, 5.74) is 0. The van der Waals surface area contributed by atoms with E-state index in [-0.39, 0.29) is 36.6 Å². The molecule has 0 saturated carbocycles. The Morgan fingerprint density at radius 1 is 1.10 bits per heavy atom. The minimum atomic E-state index is -0.361. The number of piperidine rings is 1. The number of hydrogen-bond acceptors (Lipinski definition) is 5. The van der Waals surface area contributed by atoms with Crippen molar-refractivity contribution in [3.8, 4) is 0 Å². The van der Waals surface area contributed by atoms with E-state index in [9.17, 15) is 14.4 Å². The fourth-order valence-corrected chi connectivity index (χ4v) is 2.26. The van der Waals surface area contributed by atoms with Crippen LogP contribution in [0.3, 0.4) is 0 Å². The van der Waals surface area contributed by atoms with Crippen LogP contribution in [0, 0.1) is 5.92 Å². The summed E-state index contributed by atoms with van der Waals surface area (Å²) >= 11 is 0. The van der Waals surface area contributed by atoms with Crippen molar-refractivity contribution >= 4 is 17.8 Å². The predicted octanol–water partition coefficient (Wildman–Crippen LogP) is 1.13. The van der Waals surface area contributed by atoms with Crippen molar-refractivity contribution in [3.05, 3.63) is 0 Å². The summed E-state index contributed by atoms with van der Waals surface area (Å²) in [7, 11) is 0. The molecular formula is C14H23NO5. The van der Waals surface area contributed by atoms with Gasteiger partial charge in [0.05, 0.1) is 25.6 Å². The second-order valence-electron chi connectivity index (χ2n) is 4.74. The molecule has 0 aromatic carbocycles. The van der Waals surface area contributed by atoms with Crippen molar-refractivity contribution in [3.63, 3.8) is 0 Å². The maximum atomic E-state index is 12.0. The minimum absolute atomic E-state index is 0.0905. The Hall–Kier alpha value is -1.59. The number of hydrogen-bond donors (Lipinski definition) is 0. The first-order chi connectivity index (χ1) is 9.58. The lowest BCUT2D eigenvalue weighted by Crippen LogP contribution is -2.42. The van der Waals surface area contributed by atoms with Crippen LogP contribution in [-0.2, 0) is 23.9 Å². The Morgan fingerprint density at radius 2 is 1.80 bits per heavy atom. The van der Waals surface area contributed by atoms with Gasteiger partial charge in [-0.3, -0.25) is 14.4 Å².